The van der Waals surface area contributed by atoms with Gasteiger partial charge in [0.05, 0.1) is 23.1 Å². The zero-order valence-electron chi connectivity index (χ0n) is 10.6. The van der Waals surface area contributed by atoms with E-state index in [2.05, 4.69) is 9.97 Å². The highest BCUT2D eigenvalue weighted by molar-refractivity contribution is 7.20. The molecular formula is C11H10F3N3O3S. The van der Waals surface area contributed by atoms with Gasteiger partial charge in [-0.2, -0.15) is 13.2 Å². The molecule has 2 heterocycles. The van der Waals surface area contributed by atoms with Gasteiger partial charge in [0, 0.05) is 0 Å². The fourth-order valence-electron chi connectivity index (χ4n) is 1.68. The zero-order chi connectivity index (χ0) is 15.8. The minimum Gasteiger partial charge on any atom is -0.382 e. The number of halogens is 3. The first-order valence-corrected chi connectivity index (χ1v) is 6.53. The number of alkyl halides is 3. The summed E-state index contributed by atoms with van der Waals surface area (Å²) in [6.07, 6.45) is -6.27. The number of aliphatic hydroxyl groups is 1. The Morgan fingerprint density at radius 1 is 1.57 bits per heavy atom. The van der Waals surface area contributed by atoms with E-state index in [1.54, 1.807) is 0 Å². The Bertz CT molecular complexity index is 738. The summed E-state index contributed by atoms with van der Waals surface area (Å²) in [5, 5.41) is 11.0. The molecule has 0 aromatic carbocycles. The first kappa shape index (κ1) is 15.4. The Morgan fingerprint density at radius 3 is 2.81 bits per heavy atom. The highest BCUT2D eigenvalue weighted by Gasteiger charge is 2.38. The molecule has 2 aromatic rings. The van der Waals surface area contributed by atoms with E-state index in [9.17, 15) is 22.8 Å². The molecule has 0 aliphatic carbocycles. The molecule has 0 aliphatic rings. The molecule has 10 heteroatoms. The molecule has 2 aromatic heterocycles. The topological polar surface area (TPSA) is 95.1 Å². The third kappa shape index (κ3) is 3.05. The number of carbonyl (C=O) groups is 1. The predicted octanol–water partition coefficient (Wildman–Crippen LogP) is 0.946. The molecule has 3 N–H and O–H groups in total. The number of nitrogens with one attached hydrogen (secondary N) is 2. The van der Waals surface area contributed by atoms with Crippen molar-refractivity contribution in [3.05, 3.63) is 27.1 Å². The lowest BCUT2D eigenvalue weighted by Crippen LogP contribution is -2.40. The smallest absolute Gasteiger partial charge is 0.382 e. The molecule has 0 bridgehead atoms. The van der Waals surface area contributed by atoms with Crippen LogP contribution >= 0.6 is 11.3 Å². The third-order valence-electron chi connectivity index (χ3n) is 2.77. The van der Waals surface area contributed by atoms with E-state index < -0.39 is 30.3 Å². The van der Waals surface area contributed by atoms with Crippen LogP contribution in [0.3, 0.4) is 0 Å². The average molecular weight is 321 g/mol. The maximum Gasteiger partial charge on any atom is 0.416 e. The highest BCUT2D eigenvalue weighted by atomic mass is 32.1. The van der Waals surface area contributed by atoms with E-state index in [1.165, 1.54) is 13.3 Å². The molecule has 114 valence electrons. The second-order valence-electron chi connectivity index (χ2n) is 4.24. The summed E-state index contributed by atoms with van der Waals surface area (Å²) in [6, 6.07) is 0. The Kier molecular flexibility index (Phi) is 4.01. The minimum atomic E-state index is -4.80. The van der Waals surface area contributed by atoms with E-state index in [1.807, 2.05) is 5.32 Å². The van der Waals surface area contributed by atoms with Gasteiger partial charge in [-0.05, 0) is 12.5 Å². The van der Waals surface area contributed by atoms with Crippen molar-refractivity contribution in [1.29, 1.82) is 0 Å². The monoisotopic (exact) mass is 321 g/mol. The number of aromatic nitrogens is 2. The molecule has 0 saturated carbocycles. The molecule has 2 rings (SSSR count). The summed E-state index contributed by atoms with van der Waals surface area (Å²) >= 11 is 0.899. The summed E-state index contributed by atoms with van der Waals surface area (Å²) in [4.78, 5) is 30.1. The summed E-state index contributed by atoms with van der Waals surface area (Å²) in [5.74, 6) is -0.793. The van der Waals surface area contributed by atoms with Crippen molar-refractivity contribution in [2.75, 3.05) is 6.54 Å². The van der Waals surface area contributed by atoms with Gasteiger partial charge < -0.3 is 15.4 Å². The lowest BCUT2D eigenvalue weighted by Gasteiger charge is -2.14. The second kappa shape index (κ2) is 5.45. The van der Waals surface area contributed by atoms with Crippen molar-refractivity contribution in [3.8, 4) is 0 Å². The van der Waals surface area contributed by atoms with Crippen molar-refractivity contribution < 1.29 is 23.1 Å². The Hall–Kier alpha value is -1.94. The normalized spacial score (nSPS) is 13.4. The summed E-state index contributed by atoms with van der Waals surface area (Å²) in [7, 11) is 0. The van der Waals surface area contributed by atoms with Gasteiger partial charge in [-0.1, -0.05) is 0 Å². The molecule has 0 aliphatic heterocycles. The zero-order valence-corrected chi connectivity index (χ0v) is 11.4. The number of rotatable bonds is 3. The molecule has 1 atom stereocenters. The minimum absolute atomic E-state index is 0.0866. The van der Waals surface area contributed by atoms with Gasteiger partial charge in [0.2, 0.25) is 0 Å². The SMILES string of the molecule is Cc1c(C(=O)NCC(O)C(F)(F)F)sc2nc[nH]c(=O)c12. The maximum absolute atomic E-state index is 12.1. The van der Waals surface area contributed by atoms with Crippen LogP contribution in [-0.2, 0) is 0 Å². The highest BCUT2D eigenvalue weighted by Crippen LogP contribution is 2.26. The predicted molar refractivity (Wildman–Crippen MR) is 69.4 cm³/mol. The summed E-state index contributed by atoms with van der Waals surface area (Å²) < 4.78 is 36.4. The number of H-pyrrole nitrogens is 1. The molecule has 0 radical (unpaired) electrons. The second-order valence-corrected chi connectivity index (χ2v) is 5.23. The number of nitrogens with zero attached hydrogens (tertiary/aromatic N) is 1. The Balaban J connectivity index is 2.23. The summed E-state index contributed by atoms with van der Waals surface area (Å²) in [6.45, 7) is 0.546. The number of amides is 1. The van der Waals surface area contributed by atoms with Crippen molar-refractivity contribution in [2.45, 2.75) is 19.2 Å². The van der Waals surface area contributed by atoms with Crippen LogP contribution in [0.2, 0.25) is 0 Å². The van der Waals surface area contributed by atoms with Crippen LogP contribution in [0.4, 0.5) is 13.2 Å². The number of hydrogen-bond donors (Lipinski definition) is 3. The number of aromatic amines is 1. The molecule has 6 nitrogen and oxygen atoms in total. The molecule has 1 amide bonds. The van der Waals surface area contributed by atoms with E-state index in [-0.39, 0.29) is 10.3 Å². The molecule has 0 fully saturated rings. The van der Waals surface area contributed by atoms with Crippen molar-refractivity contribution >= 4 is 27.5 Å². The van der Waals surface area contributed by atoms with Gasteiger partial charge in [0.25, 0.3) is 11.5 Å². The van der Waals surface area contributed by atoms with E-state index >= 15 is 0 Å². The average Bonchev–Trinajstić information content (AvgIpc) is 2.73. The van der Waals surface area contributed by atoms with E-state index in [0.717, 1.165) is 11.3 Å². The number of fused-ring (bicyclic) bond motifs is 1. The molecule has 1 unspecified atom stereocenters. The van der Waals surface area contributed by atoms with Crippen LogP contribution in [0.5, 0.6) is 0 Å². The van der Waals surface area contributed by atoms with Crippen LogP contribution in [-0.4, -0.2) is 39.8 Å². The van der Waals surface area contributed by atoms with Crippen molar-refractivity contribution in [3.63, 3.8) is 0 Å². The number of aliphatic hydroxyl groups excluding tert-OH is 1. The van der Waals surface area contributed by atoms with Crippen LogP contribution < -0.4 is 10.9 Å². The Labute approximate surface area is 119 Å². The Morgan fingerprint density at radius 2 is 2.24 bits per heavy atom. The fraction of sp³-hybridized carbons (Fsp3) is 0.364. The first-order chi connectivity index (χ1) is 9.71. The van der Waals surface area contributed by atoms with Gasteiger partial charge in [0.1, 0.15) is 4.83 Å². The van der Waals surface area contributed by atoms with Crippen molar-refractivity contribution in [2.24, 2.45) is 0 Å². The largest absolute Gasteiger partial charge is 0.416 e. The number of thiophene rings is 1. The lowest BCUT2D eigenvalue weighted by molar-refractivity contribution is -0.201. The van der Waals surface area contributed by atoms with Crippen molar-refractivity contribution in [1.82, 2.24) is 15.3 Å². The van der Waals surface area contributed by atoms with Gasteiger partial charge in [0.15, 0.2) is 6.10 Å². The number of carbonyl (C=O) groups excluding carboxylic acids is 1. The fourth-order valence-corrected chi connectivity index (χ4v) is 2.75. The molecule has 0 saturated heterocycles. The molecular weight excluding hydrogens is 311 g/mol. The van der Waals surface area contributed by atoms with Gasteiger partial charge in [-0.3, -0.25) is 9.59 Å². The summed E-state index contributed by atoms with van der Waals surface area (Å²) in [5.41, 5.74) is -0.0912. The van der Waals surface area contributed by atoms with Crippen LogP contribution in [0.15, 0.2) is 11.1 Å². The number of hydrogen-bond acceptors (Lipinski definition) is 5. The quantitative estimate of drug-likeness (QED) is 0.784. The lowest BCUT2D eigenvalue weighted by atomic mass is 10.2. The standard InChI is InChI=1S/C11H10F3N3O3S/c1-4-6-8(19)16-3-17-10(6)21-7(4)9(20)15-2-5(18)11(12,13)14/h3,5,18H,2H2,1H3,(H,15,20)(H,16,17,19). The van der Waals surface area contributed by atoms with Gasteiger partial charge >= 0.3 is 6.18 Å². The molecule has 0 spiro atoms. The number of aryl methyl sites for hydroxylation is 1. The van der Waals surface area contributed by atoms with Gasteiger partial charge in [-0.15, -0.1) is 11.3 Å². The third-order valence-corrected chi connectivity index (χ3v) is 3.97. The van der Waals surface area contributed by atoms with Crippen LogP contribution in [0.25, 0.3) is 10.2 Å². The van der Waals surface area contributed by atoms with E-state index in [0.29, 0.717) is 10.4 Å². The van der Waals surface area contributed by atoms with E-state index in [4.69, 9.17) is 5.11 Å². The van der Waals surface area contributed by atoms with Crippen LogP contribution in [0, 0.1) is 6.92 Å². The van der Waals surface area contributed by atoms with Gasteiger partial charge in [-0.25, -0.2) is 4.98 Å². The van der Waals surface area contributed by atoms with Crippen LogP contribution in [0.1, 0.15) is 15.2 Å². The maximum atomic E-state index is 12.1. The first-order valence-electron chi connectivity index (χ1n) is 5.71. The molecule has 21 heavy (non-hydrogen) atoms.